The number of nitrogens with zero attached hydrogens (tertiary/aromatic N) is 1. The van der Waals surface area contributed by atoms with Crippen molar-refractivity contribution in [3.8, 4) is 0 Å². The first-order valence-electron chi connectivity index (χ1n) is 6.05. The highest BCUT2D eigenvalue weighted by Gasteiger charge is 2.20. The van der Waals surface area contributed by atoms with Gasteiger partial charge in [0.1, 0.15) is 17.5 Å². The van der Waals surface area contributed by atoms with Crippen LogP contribution in [0, 0.1) is 17.5 Å². The fourth-order valence-corrected chi connectivity index (χ4v) is 1.87. The van der Waals surface area contributed by atoms with Gasteiger partial charge >= 0.3 is 0 Å². The van der Waals surface area contributed by atoms with E-state index in [-0.39, 0.29) is 12.1 Å². The van der Waals surface area contributed by atoms with Crippen LogP contribution in [0.25, 0.3) is 0 Å². The van der Waals surface area contributed by atoms with Crippen molar-refractivity contribution >= 4 is 11.6 Å². The van der Waals surface area contributed by atoms with Crippen molar-refractivity contribution in [2.75, 3.05) is 11.4 Å². The average Bonchev–Trinajstić information content (AvgIpc) is 2.44. The molecule has 2 aromatic rings. The fourth-order valence-electron chi connectivity index (χ4n) is 1.87. The molecule has 1 amide bonds. The summed E-state index contributed by atoms with van der Waals surface area (Å²) in [6.45, 7) is 1.94. The molecule has 0 aromatic heterocycles. The first-order valence-corrected chi connectivity index (χ1v) is 6.05. The molecule has 0 atom stereocenters. The molecular formula is C15H12F3NO. The van der Waals surface area contributed by atoms with Gasteiger partial charge in [-0.15, -0.1) is 0 Å². The third kappa shape index (κ3) is 2.82. The van der Waals surface area contributed by atoms with Crippen LogP contribution in [0.2, 0.25) is 0 Å². The second-order valence-electron chi connectivity index (χ2n) is 4.15. The Morgan fingerprint density at radius 2 is 1.60 bits per heavy atom. The lowest BCUT2D eigenvalue weighted by Gasteiger charge is -2.21. The standard InChI is InChI=1S/C15H12F3NO/c1-2-19(12-6-3-10(16)4-7-12)15(20)13-9-11(17)5-8-14(13)18/h3-9H,2H2,1H3. The SMILES string of the molecule is CCN(C(=O)c1cc(F)ccc1F)c1ccc(F)cc1. The van der Waals surface area contributed by atoms with Gasteiger partial charge in [-0.3, -0.25) is 4.79 Å². The van der Waals surface area contributed by atoms with Crippen LogP contribution in [0.4, 0.5) is 18.9 Å². The Morgan fingerprint density at radius 3 is 2.20 bits per heavy atom. The van der Waals surface area contributed by atoms with Crippen molar-refractivity contribution in [1.82, 2.24) is 0 Å². The maximum Gasteiger partial charge on any atom is 0.261 e. The summed E-state index contributed by atoms with van der Waals surface area (Å²) in [5, 5.41) is 0. The van der Waals surface area contributed by atoms with Crippen molar-refractivity contribution in [2.24, 2.45) is 0 Å². The zero-order valence-corrected chi connectivity index (χ0v) is 10.7. The second-order valence-corrected chi connectivity index (χ2v) is 4.15. The van der Waals surface area contributed by atoms with E-state index in [9.17, 15) is 18.0 Å². The third-order valence-corrected chi connectivity index (χ3v) is 2.86. The summed E-state index contributed by atoms with van der Waals surface area (Å²) < 4.78 is 39.6. The molecule has 0 aliphatic rings. The maximum absolute atomic E-state index is 13.6. The highest BCUT2D eigenvalue weighted by atomic mass is 19.1. The molecule has 0 bridgehead atoms. The van der Waals surface area contributed by atoms with E-state index in [0.29, 0.717) is 5.69 Å². The Hall–Kier alpha value is -2.30. The van der Waals surface area contributed by atoms with E-state index in [0.717, 1.165) is 18.2 Å². The normalized spacial score (nSPS) is 10.4. The van der Waals surface area contributed by atoms with Crippen molar-refractivity contribution in [1.29, 1.82) is 0 Å². The zero-order chi connectivity index (χ0) is 14.7. The molecule has 2 aromatic carbocycles. The summed E-state index contributed by atoms with van der Waals surface area (Å²) in [5.41, 5.74) is 0.0683. The highest BCUT2D eigenvalue weighted by molar-refractivity contribution is 6.06. The third-order valence-electron chi connectivity index (χ3n) is 2.86. The molecule has 0 radical (unpaired) electrons. The second kappa shape index (κ2) is 5.77. The van der Waals surface area contributed by atoms with Crippen molar-refractivity contribution < 1.29 is 18.0 Å². The minimum Gasteiger partial charge on any atom is -0.309 e. The summed E-state index contributed by atoms with van der Waals surface area (Å²) >= 11 is 0. The van der Waals surface area contributed by atoms with Crippen LogP contribution in [0.3, 0.4) is 0 Å². The molecule has 0 saturated carbocycles. The molecule has 2 nitrogen and oxygen atoms in total. The van der Waals surface area contributed by atoms with Gasteiger partial charge < -0.3 is 4.90 Å². The van der Waals surface area contributed by atoms with E-state index in [1.54, 1.807) is 6.92 Å². The number of carbonyl (C=O) groups excluding carboxylic acids is 1. The number of amides is 1. The molecule has 0 heterocycles. The molecule has 2 rings (SSSR count). The Kier molecular flexibility index (Phi) is 4.08. The van der Waals surface area contributed by atoms with Crippen LogP contribution in [-0.4, -0.2) is 12.5 Å². The van der Waals surface area contributed by atoms with Gasteiger partial charge in [0.25, 0.3) is 5.91 Å². The van der Waals surface area contributed by atoms with E-state index < -0.39 is 23.4 Å². The van der Waals surface area contributed by atoms with Gasteiger partial charge in [-0.25, -0.2) is 13.2 Å². The predicted octanol–water partition coefficient (Wildman–Crippen LogP) is 3.77. The summed E-state index contributed by atoms with van der Waals surface area (Å²) in [6.07, 6.45) is 0. The lowest BCUT2D eigenvalue weighted by Crippen LogP contribution is -2.31. The van der Waals surface area contributed by atoms with E-state index in [2.05, 4.69) is 0 Å². The molecule has 5 heteroatoms. The highest BCUT2D eigenvalue weighted by Crippen LogP contribution is 2.19. The van der Waals surface area contributed by atoms with E-state index in [1.165, 1.54) is 29.2 Å². The first-order chi connectivity index (χ1) is 9.52. The van der Waals surface area contributed by atoms with Crippen LogP contribution < -0.4 is 4.90 Å². The smallest absolute Gasteiger partial charge is 0.261 e. The molecule has 0 aliphatic carbocycles. The monoisotopic (exact) mass is 279 g/mol. The number of hydrogen-bond acceptors (Lipinski definition) is 1. The van der Waals surface area contributed by atoms with Crippen LogP contribution in [-0.2, 0) is 0 Å². The fraction of sp³-hybridized carbons (Fsp3) is 0.133. The minimum absolute atomic E-state index is 0.250. The molecule has 0 N–H and O–H groups in total. The van der Waals surface area contributed by atoms with Gasteiger partial charge in [0.05, 0.1) is 5.56 Å². The molecule has 0 spiro atoms. The van der Waals surface area contributed by atoms with Gasteiger partial charge in [0.15, 0.2) is 0 Å². The minimum atomic E-state index is -0.794. The summed E-state index contributed by atoms with van der Waals surface area (Å²) in [4.78, 5) is 13.5. The van der Waals surface area contributed by atoms with Crippen molar-refractivity contribution in [2.45, 2.75) is 6.92 Å². The van der Waals surface area contributed by atoms with E-state index >= 15 is 0 Å². The molecule has 0 aliphatic heterocycles. The summed E-state index contributed by atoms with van der Waals surface area (Å²) in [6, 6.07) is 7.92. The van der Waals surface area contributed by atoms with Gasteiger partial charge in [0.2, 0.25) is 0 Å². The van der Waals surface area contributed by atoms with Crippen LogP contribution in [0.5, 0.6) is 0 Å². The lowest BCUT2D eigenvalue weighted by molar-refractivity contribution is 0.0984. The Labute approximate surface area is 114 Å². The number of benzene rings is 2. The van der Waals surface area contributed by atoms with E-state index in [1.807, 2.05) is 0 Å². The largest absolute Gasteiger partial charge is 0.309 e. The number of halogens is 3. The topological polar surface area (TPSA) is 20.3 Å². The van der Waals surface area contributed by atoms with Crippen LogP contribution in [0.1, 0.15) is 17.3 Å². The number of hydrogen-bond donors (Lipinski definition) is 0. The van der Waals surface area contributed by atoms with Gasteiger partial charge in [-0.05, 0) is 49.4 Å². The number of carbonyl (C=O) groups is 1. The van der Waals surface area contributed by atoms with Crippen LogP contribution in [0.15, 0.2) is 42.5 Å². The van der Waals surface area contributed by atoms with Gasteiger partial charge in [-0.2, -0.15) is 0 Å². The predicted molar refractivity (Wildman–Crippen MR) is 70.1 cm³/mol. The quantitative estimate of drug-likeness (QED) is 0.837. The first kappa shape index (κ1) is 14.1. The molecule has 0 saturated heterocycles. The summed E-state index contributed by atoms with van der Waals surface area (Å²) in [7, 11) is 0. The molecule has 104 valence electrons. The molecule has 0 fully saturated rings. The van der Waals surface area contributed by atoms with Crippen molar-refractivity contribution in [3.63, 3.8) is 0 Å². The maximum atomic E-state index is 13.6. The Bertz CT molecular complexity index is 626. The summed E-state index contributed by atoms with van der Waals surface area (Å²) in [5.74, 6) is -2.59. The van der Waals surface area contributed by atoms with Gasteiger partial charge in [-0.1, -0.05) is 0 Å². The average molecular weight is 279 g/mol. The van der Waals surface area contributed by atoms with Gasteiger partial charge in [0, 0.05) is 12.2 Å². The lowest BCUT2D eigenvalue weighted by atomic mass is 10.1. The molecular weight excluding hydrogens is 267 g/mol. The Balaban J connectivity index is 2.38. The Morgan fingerprint density at radius 1 is 1.00 bits per heavy atom. The molecule has 20 heavy (non-hydrogen) atoms. The zero-order valence-electron chi connectivity index (χ0n) is 10.7. The van der Waals surface area contributed by atoms with E-state index in [4.69, 9.17) is 0 Å². The number of rotatable bonds is 3. The van der Waals surface area contributed by atoms with Crippen molar-refractivity contribution in [3.05, 3.63) is 65.5 Å². The number of anilines is 1. The van der Waals surface area contributed by atoms with Crippen LogP contribution >= 0.6 is 0 Å². The molecule has 0 unspecified atom stereocenters.